The number of hydrogen-bond donors (Lipinski definition) is 0. The summed E-state index contributed by atoms with van der Waals surface area (Å²) >= 11 is 5.78. The van der Waals surface area contributed by atoms with E-state index in [2.05, 4.69) is 20.1 Å². The third-order valence-corrected chi connectivity index (χ3v) is 7.74. The van der Waals surface area contributed by atoms with Crippen LogP contribution in [0, 0.1) is 28.8 Å². The molecule has 0 bridgehead atoms. The van der Waals surface area contributed by atoms with E-state index in [0.717, 1.165) is 31.0 Å². The molecule has 0 unspecified atom stereocenters. The van der Waals surface area contributed by atoms with Crippen LogP contribution < -0.4 is 4.74 Å². The molecule has 13 heteroatoms. The van der Waals surface area contributed by atoms with Crippen LogP contribution in [0.25, 0.3) is 11.2 Å². The van der Waals surface area contributed by atoms with Crippen LogP contribution in [0.3, 0.4) is 0 Å². The van der Waals surface area contributed by atoms with Crippen LogP contribution in [0.4, 0.5) is 13.2 Å². The van der Waals surface area contributed by atoms with Crippen molar-refractivity contribution in [3.63, 3.8) is 0 Å². The van der Waals surface area contributed by atoms with Gasteiger partial charge in [-0.2, -0.15) is 5.26 Å². The van der Waals surface area contributed by atoms with Crippen molar-refractivity contribution in [2.45, 2.75) is 51.0 Å². The van der Waals surface area contributed by atoms with Crippen molar-refractivity contribution in [3.8, 4) is 11.9 Å². The summed E-state index contributed by atoms with van der Waals surface area (Å²) in [6.45, 7) is 2.84. The summed E-state index contributed by atoms with van der Waals surface area (Å²) in [5, 5.41) is 17.6. The Hall–Kier alpha value is -3.79. The molecule has 9 nitrogen and oxygen atoms in total. The summed E-state index contributed by atoms with van der Waals surface area (Å²) in [7, 11) is 0. The SMILES string of the molecule is N#Cc1cc2nc(CN3CCC(c4nc(OCc5ccc(Cl)cc5F)c(F)cc4F)CC3)n(C[C@@H]3CCO3)c2nn1. The first kappa shape index (κ1) is 27.4. The van der Waals surface area contributed by atoms with Gasteiger partial charge in [0.05, 0.1) is 24.9 Å². The molecule has 41 heavy (non-hydrogen) atoms. The van der Waals surface area contributed by atoms with Gasteiger partial charge in [0.2, 0.25) is 0 Å². The lowest BCUT2D eigenvalue weighted by Gasteiger charge is -2.32. The van der Waals surface area contributed by atoms with Gasteiger partial charge in [0, 0.05) is 35.2 Å². The van der Waals surface area contributed by atoms with E-state index in [4.69, 9.17) is 26.1 Å². The van der Waals surface area contributed by atoms with Gasteiger partial charge in [0.15, 0.2) is 17.2 Å². The van der Waals surface area contributed by atoms with E-state index in [1.165, 1.54) is 12.1 Å². The Morgan fingerprint density at radius 2 is 1.83 bits per heavy atom. The predicted octanol–water partition coefficient (Wildman–Crippen LogP) is 4.91. The second kappa shape index (κ2) is 11.6. The number of fused-ring (bicyclic) bond motifs is 1. The van der Waals surface area contributed by atoms with Crippen molar-refractivity contribution in [1.82, 2.24) is 29.6 Å². The van der Waals surface area contributed by atoms with Gasteiger partial charge >= 0.3 is 0 Å². The van der Waals surface area contributed by atoms with Crippen molar-refractivity contribution < 1.29 is 22.6 Å². The molecule has 1 atom stereocenters. The van der Waals surface area contributed by atoms with E-state index in [1.807, 2.05) is 10.6 Å². The highest BCUT2D eigenvalue weighted by atomic mass is 35.5. The summed E-state index contributed by atoms with van der Waals surface area (Å²) in [6.07, 6.45) is 2.20. The molecule has 212 valence electrons. The second-order valence-corrected chi connectivity index (χ2v) is 10.6. The molecular weight excluding hydrogens is 559 g/mol. The smallest absolute Gasteiger partial charge is 0.251 e. The molecule has 1 aromatic carbocycles. The quantitative estimate of drug-likeness (QED) is 0.288. The molecule has 0 aliphatic carbocycles. The standard InChI is InChI=1S/C28H25ClF3N7O2/c29-18-2-1-17(21(30)9-18)15-41-28-23(32)11-22(31)26(35-28)16-3-6-38(7-4-16)14-25-34-24-10-19(12-33)36-37-27(24)39(25)13-20-5-8-40-20/h1-2,9-11,16,20H,3-8,13-15H2/t20-/m0/s1. The lowest BCUT2D eigenvalue weighted by molar-refractivity contribution is -0.0593. The topological polar surface area (TPSA) is 102 Å². The summed E-state index contributed by atoms with van der Waals surface area (Å²) in [6, 6.07) is 8.48. The van der Waals surface area contributed by atoms with Crippen molar-refractivity contribution in [2.75, 3.05) is 19.7 Å². The van der Waals surface area contributed by atoms with Crippen LogP contribution in [0.1, 0.15) is 48.0 Å². The Kier molecular flexibility index (Phi) is 7.75. The van der Waals surface area contributed by atoms with Gasteiger partial charge in [-0.25, -0.2) is 23.1 Å². The fraction of sp³-hybridized carbons (Fsp3) is 0.393. The third kappa shape index (κ3) is 5.84. The van der Waals surface area contributed by atoms with Crippen molar-refractivity contribution in [3.05, 3.63) is 75.6 Å². The number of piperidine rings is 1. The molecule has 0 spiro atoms. The molecule has 0 saturated carbocycles. The maximum atomic E-state index is 14.8. The summed E-state index contributed by atoms with van der Waals surface area (Å²) in [5.41, 5.74) is 1.72. The molecule has 0 N–H and O–H groups in total. The molecule has 2 aliphatic rings. The van der Waals surface area contributed by atoms with Crippen molar-refractivity contribution in [2.24, 2.45) is 0 Å². The van der Waals surface area contributed by atoms with Crippen LogP contribution in [0.15, 0.2) is 30.3 Å². The van der Waals surface area contributed by atoms with E-state index in [9.17, 15) is 18.4 Å². The molecular formula is C28H25ClF3N7O2. The van der Waals surface area contributed by atoms with Crippen LogP contribution in [-0.2, 0) is 24.4 Å². The Morgan fingerprint density at radius 3 is 2.54 bits per heavy atom. The maximum Gasteiger partial charge on any atom is 0.251 e. The summed E-state index contributed by atoms with van der Waals surface area (Å²) in [4.78, 5) is 11.1. The number of imidazole rings is 1. The number of likely N-dealkylation sites (tertiary alicyclic amines) is 1. The highest BCUT2D eigenvalue weighted by Crippen LogP contribution is 2.32. The van der Waals surface area contributed by atoms with Gasteiger partial charge in [-0.3, -0.25) is 4.90 Å². The minimum absolute atomic E-state index is 0.0782. The fourth-order valence-electron chi connectivity index (χ4n) is 5.17. The van der Waals surface area contributed by atoms with Crippen LogP contribution in [0.5, 0.6) is 5.88 Å². The molecule has 2 saturated heterocycles. The highest BCUT2D eigenvalue weighted by Gasteiger charge is 2.28. The molecule has 6 rings (SSSR count). The van der Waals surface area contributed by atoms with Gasteiger partial charge in [0.1, 0.15) is 35.7 Å². The summed E-state index contributed by atoms with van der Waals surface area (Å²) in [5.74, 6) is -2.10. The van der Waals surface area contributed by atoms with E-state index >= 15 is 0 Å². The van der Waals surface area contributed by atoms with E-state index in [1.54, 1.807) is 6.07 Å². The third-order valence-electron chi connectivity index (χ3n) is 7.51. The van der Waals surface area contributed by atoms with E-state index < -0.39 is 17.5 Å². The van der Waals surface area contributed by atoms with Crippen molar-refractivity contribution >= 4 is 22.8 Å². The van der Waals surface area contributed by atoms with E-state index in [0.29, 0.717) is 50.2 Å². The van der Waals surface area contributed by atoms with Gasteiger partial charge < -0.3 is 14.0 Å². The fourth-order valence-corrected chi connectivity index (χ4v) is 5.33. The number of nitrogens with zero attached hydrogens (tertiary/aromatic N) is 7. The van der Waals surface area contributed by atoms with Gasteiger partial charge in [-0.1, -0.05) is 17.7 Å². The van der Waals surface area contributed by atoms with Gasteiger partial charge in [-0.15, -0.1) is 10.2 Å². The Balaban J connectivity index is 1.14. The number of rotatable bonds is 8. The monoisotopic (exact) mass is 583 g/mol. The van der Waals surface area contributed by atoms with Crippen LogP contribution in [-0.4, -0.2) is 55.4 Å². The number of hydrogen-bond acceptors (Lipinski definition) is 8. The normalized spacial score (nSPS) is 17.9. The van der Waals surface area contributed by atoms with Crippen LogP contribution in [0.2, 0.25) is 5.02 Å². The molecule has 3 aromatic heterocycles. The minimum Gasteiger partial charge on any atom is -0.471 e. The molecule has 0 amide bonds. The minimum atomic E-state index is -0.949. The number of ether oxygens (including phenoxy) is 2. The average Bonchev–Trinajstić information content (AvgIpc) is 3.27. The maximum absolute atomic E-state index is 14.8. The van der Waals surface area contributed by atoms with Crippen LogP contribution >= 0.6 is 11.6 Å². The Morgan fingerprint density at radius 1 is 1.02 bits per heavy atom. The zero-order chi connectivity index (χ0) is 28.5. The molecule has 0 radical (unpaired) electrons. The number of pyridine rings is 1. The number of aromatic nitrogens is 5. The van der Waals surface area contributed by atoms with Crippen molar-refractivity contribution in [1.29, 1.82) is 5.26 Å². The molecule has 2 aliphatic heterocycles. The van der Waals surface area contributed by atoms with Gasteiger partial charge in [-0.05, 0) is 44.5 Å². The number of halogens is 4. The summed E-state index contributed by atoms with van der Waals surface area (Å²) < 4.78 is 56.4. The molecule has 5 heterocycles. The lowest BCUT2D eigenvalue weighted by Crippen LogP contribution is -2.35. The Bertz CT molecular complexity index is 1630. The number of nitriles is 1. The van der Waals surface area contributed by atoms with Gasteiger partial charge in [0.25, 0.3) is 5.88 Å². The first-order chi connectivity index (χ1) is 19.9. The predicted molar refractivity (Wildman–Crippen MR) is 142 cm³/mol. The van der Waals surface area contributed by atoms with E-state index in [-0.39, 0.29) is 46.5 Å². The molecule has 2 fully saturated rings. The largest absolute Gasteiger partial charge is 0.471 e. The average molecular weight is 584 g/mol. The lowest BCUT2D eigenvalue weighted by atomic mass is 9.92. The highest BCUT2D eigenvalue weighted by molar-refractivity contribution is 6.30. The first-order valence-electron chi connectivity index (χ1n) is 13.3. The second-order valence-electron chi connectivity index (χ2n) is 10.2. The zero-order valence-electron chi connectivity index (χ0n) is 21.9. The first-order valence-corrected chi connectivity index (χ1v) is 13.6. The number of benzene rings is 1. The Labute approximate surface area is 238 Å². The molecule has 4 aromatic rings. The zero-order valence-corrected chi connectivity index (χ0v) is 22.6.